The van der Waals surface area contributed by atoms with Crippen LogP contribution in [0.25, 0.3) is 11.1 Å². The number of carbonyl (C=O) groups excluding carboxylic acids is 2. The van der Waals surface area contributed by atoms with Crippen LogP contribution in [0.15, 0.2) is 53.5 Å². The molecule has 0 unspecified atom stereocenters. The van der Waals surface area contributed by atoms with Crippen LogP contribution in [-0.4, -0.2) is 60.3 Å². The van der Waals surface area contributed by atoms with Crippen LogP contribution in [0.1, 0.15) is 59.4 Å². The number of unbranched alkanes of at least 4 members (excludes halogenated alkanes) is 1. The van der Waals surface area contributed by atoms with Crippen LogP contribution in [0.2, 0.25) is 0 Å². The Bertz CT molecular complexity index is 1540. The van der Waals surface area contributed by atoms with E-state index >= 15 is 4.39 Å². The zero-order chi connectivity index (χ0) is 31.5. The quantitative estimate of drug-likeness (QED) is 0.175. The lowest BCUT2D eigenvalue weighted by Crippen LogP contribution is -2.55. The number of halogens is 4. The van der Waals surface area contributed by atoms with Crippen LogP contribution in [0, 0.1) is 5.82 Å². The molecule has 1 aromatic heterocycles. The third-order valence-corrected chi connectivity index (χ3v) is 7.88. The van der Waals surface area contributed by atoms with Gasteiger partial charge in [-0.25, -0.2) is 4.39 Å². The highest BCUT2D eigenvalue weighted by Crippen LogP contribution is 2.36. The third-order valence-electron chi connectivity index (χ3n) is 7.88. The Kier molecular flexibility index (Phi) is 9.71. The van der Waals surface area contributed by atoms with E-state index in [1.165, 1.54) is 18.2 Å². The molecule has 43 heavy (non-hydrogen) atoms. The van der Waals surface area contributed by atoms with E-state index in [0.717, 1.165) is 12.3 Å². The molecule has 0 radical (unpaired) electrons. The van der Waals surface area contributed by atoms with Gasteiger partial charge in [0, 0.05) is 55.0 Å². The van der Waals surface area contributed by atoms with Crippen molar-refractivity contribution >= 4 is 23.1 Å². The predicted molar refractivity (Wildman–Crippen MR) is 158 cm³/mol. The fourth-order valence-electron chi connectivity index (χ4n) is 5.26. The number of benzene rings is 2. The number of Topliss-reactive ketones (excluding diaryl/α,β-unsaturated/α-hetero) is 1. The van der Waals surface area contributed by atoms with Crippen LogP contribution in [0.5, 0.6) is 0 Å². The maximum atomic E-state index is 15.3. The van der Waals surface area contributed by atoms with Crippen molar-refractivity contribution in [3.8, 4) is 11.1 Å². The number of nitrogens with zero attached hydrogens (tertiary/aromatic N) is 2. The van der Waals surface area contributed by atoms with Crippen molar-refractivity contribution in [1.82, 2.24) is 9.88 Å². The summed E-state index contributed by atoms with van der Waals surface area (Å²) in [6.45, 7) is 5.69. The Morgan fingerprint density at radius 3 is 2.37 bits per heavy atom. The molecule has 1 amide bonds. The smallest absolute Gasteiger partial charge is 0.367 e. The van der Waals surface area contributed by atoms with Crippen molar-refractivity contribution in [3.63, 3.8) is 0 Å². The van der Waals surface area contributed by atoms with E-state index in [0.29, 0.717) is 49.8 Å². The number of amides is 1. The fraction of sp³-hybridized carbons (Fsp3) is 0.387. The zero-order valence-corrected chi connectivity index (χ0v) is 24.2. The molecule has 0 bridgehead atoms. The molecule has 2 aromatic carbocycles. The molecule has 1 aliphatic rings. The summed E-state index contributed by atoms with van der Waals surface area (Å²) in [6, 6.07) is 9.62. The van der Waals surface area contributed by atoms with Gasteiger partial charge in [0.1, 0.15) is 5.82 Å². The first kappa shape index (κ1) is 31.9. The Morgan fingerprint density at radius 2 is 1.74 bits per heavy atom. The number of likely N-dealkylation sites (N-methyl/N-ethyl adjacent to an activating group) is 1. The number of nitrogens with one attached hydrogen (secondary N) is 2. The number of pyridine rings is 1. The minimum absolute atomic E-state index is 0.135. The van der Waals surface area contributed by atoms with Gasteiger partial charge in [-0.1, -0.05) is 18.2 Å². The summed E-state index contributed by atoms with van der Waals surface area (Å²) in [5.41, 5.74) is 3.81. The number of aromatic amines is 1. The minimum atomic E-state index is -4.94. The van der Waals surface area contributed by atoms with Crippen molar-refractivity contribution in [3.05, 3.63) is 81.5 Å². The number of rotatable bonds is 9. The molecule has 8 nitrogen and oxygen atoms in total. The second kappa shape index (κ2) is 13.1. The number of H-pyrrole nitrogens is 1. The average Bonchev–Trinajstić information content (AvgIpc) is 2.95. The summed E-state index contributed by atoms with van der Waals surface area (Å²) in [6.07, 6.45) is -2.69. The summed E-state index contributed by atoms with van der Waals surface area (Å²) in [5, 5.41) is 2.58. The van der Waals surface area contributed by atoms with E-state index in [2.05, 4.69) is 15.2 Å². The first-order chi connectivity index (χ1) is 20.3. The lowest BCUT2D eigenvalue weighted by atomic mass is 9.98. The molecule has 0 spiro atoms. The van der Waals surface area contributed by atoms with E-state index < -0.39 is 34.6 Å². The molecule has 4 rings (SSSR count). The highest BCUT2D eigenvalue weighted by Gasteiger charge is 2.36. The van der Waals surface area contributed by atoms with Gasteiger partial charge >= 0.3 is 6.18 Å². The van der Waals surface area contributed by atoms with E-state index in [1.54, 1.807) is 12.1 Å². The zero-order valence-electron chi connectivity index (χ0n) is 24.2. The van der Waals surface area contributed by atoms with Crippen molar-refractivity contribution in [2.24, 2.45) is 5.73 Å². The second-order valence-electron chi connectivity index (χ2n) is 10.9. The summed E-state index contributed by atoms with van der Waals surface area (Å²) in [5.74, 6) is -1.95. The van der Waals surface area contributed by atoms with E-state index in [-0.39, 0.29) is 41.1 Å². The molecule has 2 atom stereocenters. The van der Waals surface area contributed by atoms with Gasteiger partial charge in [-0.05, 0) is 64.0 Å². The fourth-order valence-corrected chi connectivity index (χ4v) is 5.26. The van der Waals surface area contributed by atoms with Crippen LogP contribution < -0.4 is 21.5 Å². The first-order valence-corrected chi connectivity index (χ1v) is 14.1. The predicted octanol–water partition coefficient (Wildman–Crippen LogP) is 5.29. The number of carbonyl (C=O) groups is 2. The number of anilines is 2. The van der Waals surface area contributed by atoms with Gasteiger partial charge in [-0.2, -0.15) is 13.2 Å². The maximum Gasteiger partial charge on any atom is 0.417 e. The normalized spacial score (nSPS) is 17.6. The molecule has 2 heterocycles. The third kappa shape index (κ3) is 7.31. The lowest BCUT2D eigenvalue weighted by molar-refractivity contribution is -0.138. The molecule has 1 aliphatic heterocycles. The molecule has 0 saturated carbocycles. The van der Waals surface area contributed by atoms with Gasteiger partial charge < -0.3 is 20.9 Å². The number of piperazine rings is 1. The molecular weight excluding hydrogens is 566 g/mol. The largest absolute Gasteiger partial charge is 0.417 e. The van der Waals surface area contributed by atoms with Crippen molar-refractivity contribution in [2.45, 2.75) is 51.4 Å². The molecule has 1 fully saturated rings. The summed E-state index contributed by atoms with van der Waals surface area (Å²) in [4.78, 5) is 43.7. The Labute approximate surface area is 246 Å². The van der Waals surface area contributed by atoms with Gasteiger partial charge in [0.2, 0.25) is 5.56 Å². The molecule has 230 valence electrons. The second-order valence-corrected chi connectivity index (χ2v) is 10.9. The first-order valence-electron chi connectivity index (χ1n) is 14.1. The van der Waals surface area contributed by atoms with Crippen molar-refractivity contribution in [2.75, 3.05) is 36.9 Å². The Hall–Kier alpha value is -4.03. The molecular formula is C31H35F4N5O3. The SMILES string of the molecule is C[C@@H]1CN(c2ccc(-c3ccc(C(=O)CCCCN)cc3F)cc2NC(=O)c2c[nH]c(=O)cc2C(F)(F)F)C[C@H](C)N1C. The topological polar surface area (TPSA) is 112 Å². The standard InChI is InChI=1S/C31H35F4N5O3/c1-18-16-40(17-19(2)39(18)3)27-10-8-20(22-9-7-21(12-25(22)32)28(41)6-4-5-11-36)13-26(27)38-30(43)23-15-37-29(42)14-24(23)31(33,34)35/h7-10,12-15,18-19H,4-6,11,16-17,36H2,1-3H3,(H,37,42)(H,38,43)/t18-,19+. The van der Waals surface area contributed by atoms with Gasteiger partial charge in [-0.3, -0.25) is 19.3 Å². The van der Waals surface area contributed by atoms with Crippen LogP contribution in [0.4, 0.5) is 28.9 Å². The molecule has 4 N–H and O–H groups in total. The molecule has 0 aliphatic carbocycles. The van der Waals surface area contributed by atoms with Crippen LogP contribution >= 0.6 is 0 Å². The number of nitrogens with two attached hydrogens (primary N) is 1. The summed E-state index contributed by atoms with van der Waals surface area (Å²) in [7, 11) is 2.00. The number of aromatic nitrogens is 1. The molecule has 12 heteroatoms. The number of hydrogen-bond acceptors (Lipinski definition) is 6. The maximum absolute atomic E-state index is 15.3. The lowest BCUT2D eigenvalue weighted by Gasteiger charge is -2.44. The highest BCUT2D eigenvalue weighted by molar-refractivity contribution is 6.07. The average molecular weight is 602 g/mol. The number of alkyl halides is 3. The highest BCUT2D eigenvalue weighted by atomic mass is 19.4. The Morgan fingerprint density at radius 1 is 1.05 bits per heavy atom. The Balaban J connectivity index is 1.74. The van der Waals surface area contributed by atoms with Gasteiger partial charge in [-0.15, -0.1) is 0 Å². The van der Waals surface area contributed by atoms with E-state index in [9.17, 15) is 27.6 Å². The number of ketones is 1. The van der Waals surface area contributed by atoms with Crippen molar-refractivity contribution < 1.29 is 27.2 Å². The van der Waals surface area contributed by atoms with E-state index in [4.69, 9.17) is 5.73 Å². The van der Waals surface area contributed by atoms with Crippen molar-refractivity contribution in [1.29, 1.82) is 0 Å². The monoisotopic (exact) mass is 601 g/mol. The van der Waals surface area contributed by atoms with E-state index in [1.807, 2.05) is 25.8 Å². The summed E-state index contributed by atoms with van der Waals surface area (Å²) < 4.78 is 56.5. The van der Waals surface area contributed by atoms with Crippen LogP contribution in [0.3, 0.4) is 0 Å². The molecule has 3 aromatic rings. The van der Waals surface area contributed by atoms with Crippen LogP contribution in [-0.2, 0) is 6.18 Å². The minimum Gasteiger partial charge on any atom is -0.367 e. The molecule has 1 saturated heterocycles. The van der Waals surface area contributed by atoms with Gasteiger partial charge in [0.15, 0.2) is 5.78 Å². The summed E-state index contributed by atoms with van der Waals surface area (Å²) >= 11 is 0. The van der Waals surface area contributed by atoms with Gasteiger partial charge in [0.25, 0.3) is 5.91 Å². The number of hydrogen-bond donors (Lipinski definition) is 3. The van der Waals surface area contributed by atoms with Gasteiger partial charge in [0.05, 0.1) is 22.5 Å².